The summed E-state index contributed by atoms with van der Waals surface area (Å²) in [6.45, 7) is 1.94. The van der Waals surface area contributed by atoms with E-state index in [1.54, 1.807) is 49.6 Å². The van der Waals surface area contributed by atoms with Gasteiger partial charge in [0, 0.05) is 30.3 Å². The number of carboxylic acids is 1. The van der Waals surface area contributed by atoms with Gasteiger partial charge in [-0.25, -0.2) is 4.79 Å². The van der Waals surface area contributed by atoms with Crippen LogP contribution in [0.3, 0.4) is 0 Å². The van der Waals surface area contributed by atoms with Crippen molar-refractivity contribution >= 4 is 17.6 Å². The van der Waals surface area contributed by atoms with E-state index >= 15 is 0 Å². The fourth-order valence-electron chi connectivity index (χ4n) is 3.61. The SMILES string of the molecule is Cc1cc(Cl)ccc1C(CC(N=O)c1ccc(=O)n(C)c1)c1ccc(C(=O)O)cc1. The third-order valence-corrected chi connectivity index (χ3v) is 5.48. The van der Waals surface area contributed by atoms with E-state index in [0.717, 1.165) is 16.7 Å². The van der Waals surface area contributed by atoms with Gasteiger partial charge in [0.15, 0.2) is 0 Å². The highest BCUT2D eigenvalue weighted by Gasteiger charge is 2.24. The number of hydrogen-bond acceptors (Lipinski definition) is 4. The third kappa shape index (κ3) is 4.66. The van der Waals surface area contributed by atoms with Gasteiger partial charge in [0.1, 0.15) is 6.04 Å². The highest BCUT2D eigenvalue weighted by Crippen LogP contribution is 2.37. The minimum Gasteiger partial charge on any atom is -0.478 e. The molecule has 154 valence electrons. The van der Waals surface area contributed by atoms with Gasteiger partial charge < -0.3 is 9.67 Å². The number of aromatic carboxylic acids is 1. The first kappa shape index (κ1) is 21.5. The van der Waals surface area contributed by atoms with Crippen LogP contribution in [0.1, 0.15) is 51.0 Å². The van der Waals surface area contributed by atoms with Crippen molar-refractivity contribution in [3.63, 3.8) is 0 Å². The summed E-state index contributed by atoms with van der Waals surface area (Å²) < 4.78 is 1.41. The third-order valence-electron chi connectivity index (χ3n) is 5.25. The van der Waals surface area contributed by atoms with Gasteiger partial charge in [0.2, 0.25) is 5.56 Å². The van der Waals surface area contributed by atoms with Gasteiger partial charge in [-0.15, -0.1) is 0 Å². The van der Waals surface area contributed by atoms with Gasteiger partial charge in [-0.05, 0) is 65.9 Å². The molecular formula is C23H21ClN2O4. The Labute approximate surface area is 178 Å². The zero-order valence-electron chi connectivity index (χ0n) is 16.6. The minimum absolute atomic E-state index is 0.169. The van der Waals surface area contributed by atoms with Crippen molar-refractivity contribution in [1.29, 1.82) is 0 Å². The average molecular weight is 425 g/mol. The second-order valence-corrected chi connectivity index (χ2v) is 7.69. The lowest BCUT2D eigenvalue weighted by Crippen LogP contribution is -2.16. The van der Waals surface area contributed by atoms with E-state index in [4.69, 9.17) is 11.6 Å². The molecule has 6 nitrogen and oxygen atoms in total. The summed E-state index contributed by atoms with van der Waals surface area (Å²) in [5, 5.41) is 13.1. The van der Waals surface area contributed by atoms with Gasteiger partial charge in [-0.1, -0.05) is 35.0 Å². The highest BCUT2D eigenvalue weighted by molar-refractivity contribution is 6.30. The van der Waals surface area contributed by atoms with E-state index in [0.29, 0.717) is 17.0 Å². The molecule has 0 saturated heterocycles. The van der Waals surface area contributed by atoms with E-state index in [1.165, 1.54) is 10.6 Å². The van der Waals surface area contributed by atoms with Gasteiger partial charge in [-0.3, -0.25) is 4.79 Å². The van der Waals surface area contributed by atoms with Crippen LogP contribution >= 0.6 is 11.6 Å². The Morgan fingerprint density at radius 3 is 2.33 bits per heavy atom. The van der Waals surface area contributed by atoms with Crippen molar-refractivity contribution in [2.75, 3.05) is 0 Å². The minimum atomic E-state index is -1.00. The summed E-state index contributed by atoms with van der Waals surface area (Å²) in [6, 6.07) is 14.5. The first-order valence-electron chi connectivity index (χ1n) is 9.38. The molecule has 2 aromatic carbocycles. The lowest BCUT2D eigenvalue weighted by atomic mass is 9.82. The highest BCUT2D eigenvalue weighted by atomic mass is 35.5. The number of aromatic nitrogens is 1. The van der Waals surface area contributed by atoms with Crippen LogP contribution < -0.4 is 5.56 Å². The van der Waals surface area contributed by atoms with Gasteiger partial charge >= 0.3 is 5.97 Å². The standard InChI is InChI=1S/C23H21ClN2O4/c1-14-11-18(24)8-9-19(14)20(15-3-5-16(6-4-15)23(28)29)12-21(25-30)17-7-10-22(27)26(2)13-17/h3-11,13,20-21H,12H2,1-2H3,(H,28,29). The zero-order chi connectivity index (χ0) is 21.8. The maximum Gasteiger partial charge on any atom is 0.335 e. The maximum atomic E-state index is 11.7. The molecule has 7 heteroatoms. The Balaban J connectivity index is 2.05. The molecule has 2 atom stereocenters. The molecule has 0 spiro atoms. The van der Waals surface area contributed by atoms with Crippen molar-refractivity contribution in [3.05, 3.63) is 109 Å². The fraction of sp³-hybridized carbons (Fsp3) is 0.217. The van der Waals surface area contributed by atoms with E-state index in [9.17, 15) is 19.6 Å². The number of benzene rings is 2. The van der Waals surface area contributed by atoms with Crippen molar-refractivity contribution < 1.29 is 9.90 Å². The lowest BCUT2D eigenvalue weighted by molar-refractivity contribution is 0.0697. The zero-order valence-corrected chi connectivity index (χ0v) is 17.3. The molecule has 30 heavy (non-hydrogen) atoms. The number of nitrogens with zero attached hydrogens (tertiary/aromatic N) is 2. The van der Waals surface area contributed by atoms with Gasteiger partial charge in [0.05, 0.1) is 5.56 Å². The summed E-state index contributed by atoms with van der Waals surface area (Å²) in [6.07, 6.45) is 1.98. The first-order valence-corrected chi connectivity index (χ1v) is 9.76. The van der Waals surface area contributed by atoms with Crippen molar-refractivity contribution in [1.82, 2.24) is 4.57 Å². The van der Waals surface area contributed by atoms with Crippen LogP contribution in [0.4, 0.5) is 0 Å². The largest absolute Gasteiger partial charge is 0.478 e. The number of carbonyl (C=O) groups is 1. The Morgan fingerprint density at radius 2 is 1.77 bits per heavy atom. The number of halogens is 1. The smallest absolute Gasteiger partial charge is 0.335 e. The monoisotopic (exact) mass is 424 g/mol. The second-order valence-electron chi connectivity index (χ2n) is 7.25. The molecule has 0 aliphatic rings. The molecule has 2 unspecified atom stereocenters. The van der Waals surface area contributed by atoms with Crippen molar-refractivity contribution in [3.8, 4) is 0 Å². The summed E-state index contributed by atoms with van der Waals surface area (Å²) in [4.78, 5) is 34.7. The molecule has 3 aromatic rings. The maximum absolute atomic E-state index is 11.7. The van der Waals surface area contributed by atoms with Crippen LogP contribution in [0.25, 0.3) is 0 Å². The van der Waals surface area contributed by atoms with Crippen LogP contribution in [0, 0.1) is 11.8 Å². The Kier molecular flexibility index (Phi) is 6.47. The molecule has 3 rings (SSSR count). The fourth-order valence-corrected chi connectivity index (χ4v) is 3.83. The predicted octanol–water partition coefficient (Wildman–Crippen LogP) is 5.08. The summed E-state index contributed by atoms with van der Waals surface area (Å²) in [7, 11) is 1.62. The predicted molar refractivity (Wildman–Crippen MR) is 116 cm³/mol. The lowest BCUT2D eigenvalue weighted by Gasteiger charge is -2.23. The van der Waals surface area contributed by atoms with Crippen LogP contribution in [-0.2, 0) is 7.05 Å². The molecule has 0 fully saturated rings. The Hall–Kier alpha value is -3.25. The molecule has 0 saturated carbocycles. The molecule has 0 radical (unpaired) electrons. The quantitative estimate of drug-likeness (QED) is 0.536. The summed E-state index contributed by atoms with van der Waals surface area (Å²) in [5.41, 5.74) is 3.46. The Bertz CT molecular complexity index is 1140. The van der Waals surface area contributed by atoms with E-state index < -0.39 is 12.0 Å². The molecule has 0 bridgehead atoms. The molecule has 1 heterocycles. The molecule has 1 aromatic heterocycles. The second kappa shape index (κ2) is 9.05. The van der Waals surface area contributed by atoms with E-state index in [1.807, 2.05) is 19.1 Å². The summed E-state index contributed by atoms with van der Waals surface area (Å²) in [5.74, 6) is -1.22. The van der Waals surface area contributed by atoms with Crippen molar-refractivity contribution in [2.45, 2.75) is 25.3 Å². The topological polar surface area (TPSA) is 88.7 Å². The van der Waals surface area contributed by atoms with E-state index in [-0.39, 0.29) is 17.0 Å². The number of carboxylic acid groups (broad SMARTS) is 1. The van der Waals surface area contributed by atoms with Gasteiger partial charge in [-0.2, -0.15) is 4.91 Å². The Morgan fingerprint density at radius 1 is 1.10 bits per heavy atom. The molecule has 0 aliphatic heterocycles. The van der Waals surface area contributed by atoms with E-state index in [2.05, 4.69) is 5.18 Å². The molecule has 1 N–H and O–H groups in total. The van der Waals surface area contributed by atoms with Crippen LogP contribution in [-0.4, -0.2) is 15.6 Å². The van der Waals surface area contributed by atoms with Crippen LogP contribution in [0.5, 0.6) is 0 Å². The van der Waals surface area contributed by atoms with Crippen LogP contribution in [0.2, 0.25) is 5.02 Å². The number of nitroso groups, excluding NO2 is 1. The van der Waals surface area contributed by atoms with Gasteiger partial charge in [0.25, 0.3) is 0 Å². The normalized spacial score (nSPS) is 12.9. The molecule has 0 aliphatic carbocycles. The van der Waals surface area contributed by atoms with Crippen molar-refractivity contribution in [2.24, 2.45) is 12.2 Å². The van der Waals surface area contributed by atoms with Crippen LogP contribution in [0.15, 0.2) is 70.8 Å². The number of pyridine rings is 1. The number of hydrogen-bond donors (Lipinski definition) is 1. The average Bonchev–Trinajstić information content (AvgIpc) is 2.72. The summed E-state index contributed by atoms with van der Waals surface area (Å²) >= 11 is 6.12. The molecular weight excluding hydrogens is 404 g/mol. The molecule has 0 amide bonds. The number of aryl methyl sites for hydroxylation is 2. The number of rotatable bonds is 7. The first-order chi connectivity index (χ1) is 14.3.